The molecule has 1 heterocycles. The van der Waals surface area contributed by atoms with Gasteiger partial charge in [0.15, 0.2) is 17.4 Å². The summed E-state index contributed by atoms with van der Waals surface area (Å²) in [5, 5.41) is 18.7. The Morgan fingerprint density at radius 1 is 1.28 bits per heavy atom. The first kappa shape index (κ1) is 22.4. The molecule has 0 aliphatic carbocycles. The van der Waals surface area contributed by atoms with Gasteiger partial charge in [0.2, 0.25) is 0 Å². The molecule has 0 amide bonds. The Bertz CT molecular complexity index is 1050. The van der Waals surface area contributed by atoms with E-state index in [2.05, 4.69) is 4.72 Å². The number of benzene rings is 1. The summed E-state index contributed by atoms with van der Waals surface area (Å²) in [5.41, 5.74) is 0.832. The van der Waals surface area contributed by atoms with Gasteiger partial charge in [-0.05, 0) is 44.2 Å². The van der Waals surface area contributed by atoms with Crippen LogP contribution in [-0.4, -0.2) is 33.1 Å². The molecule has 0 saturated carbocycles. The molecule has 29 heavy (non-hydrogen) atoms. The van der Waals surface area contributed by atoms with Crippen molar-refractivity contribution in [3.8, 4) is 0 Å². The second kappa shape index (κ2) is 9.57. The summed E-state index contributed by atoms with van der Waals surface area (Å²) in [7, 11) is -3.97. The van der Waals surface area contributed by atoms with Gasteiger partial charge in [-0.3, -0.25) is 4.72 Å². The number of thioether (sulfide) groups is 1. The molecule has 0 spiro atoms. The summed E-state index contributed by atoms with van der Waals surface area (Å²) >= 11 is 1.00. The fourth-order valence-electron chi connectivity index (χ4n) is 2.35. The maximum Gasteiger partial charge on any atom is 0.407 e. The number of hydrogen-bond donors (Lipinski definition) is 2. The van der Waals surface area contributed by atoms with Crippen molar-refractivity contribution >= 4 is 39.3 Å². The Hall–Kier alpha value is -2.85. The van der Waals surface area contributed by atoms with Crippen LogP contribution in [0.3, 0.4) is 0 Å². The van der Waals surface area contributed by atoms with E-state index in [4.69, 9.17) is 10.1 Å². The molecule has 8 nitrogen and oxygen atoms in total. The Balaban J connectivity index is 2.60. The van der Waals surface area contributed by atoms with Crippen molar-refractivity contribution in [1.82, 2.24) is 4.72 Å². The van der Waals surface area contributed by atoms with Gasteiger partial charge >= 0.3 is 11.7 Å². The molecule has 0 aliphatic heterocycles. The summed E-state index contributed by atoms with van der Waals surface area (Å²) < 4.78 is 34.4. The second-order valence-corrected chi connectivity index (χ2v) is 8.35. The Morgan fingerprint density at radius 3 is 2.48 bits per heavy atom. The smallest absolute Gasteiger partial charge is 0.407 e. The number of nitrogens with zero attached hydrogens (tertiary/aromatic N) is 1. The van der Waals surface area contributed by atoms with E-state index in [1.165, 1.54) is 41.2 Å². The molecule has 2 aromatic rings. The monoisotopic (exact) mass is 435 g/mol. The number of aryl methyl sites for hydroxylation is 1. The number of rotatable bonds is 8. The zero-order valence-corrected chi connectivity index (χ0v) is 17.8. The molecule has 0 bridgehead atoms. The van der Waals surface area contributed by atoms with Crippen molar-refractivity contribution in [2.75, 3.05) is 12.9 Å². The third-order valence-corrected chi connectivity index (χ3v) is 5.97. The summed E-state index contributed by atoms with van der Waals surface area (Å²) in [5.74, 6) is -1.71. The van der Waals surface area contributed by atoms with E-state index in [9.17, 15) is 18.3 Å². The number of pyridine rings is 1. The second-order valence-electron chi connectivity index (χ2n) is 5.85. The van der Waals surface area contributed by atoms with E-state index < -0.39 is 21.9 Å². The molecule has 2 N–H and O–H groups in total. The van der Waals surface area contributed by atoms with E-state index in [0.29, 0.717) is 0 Å². The van der Waals surface area contributed by atoms with Crippen LogP contribution in [0.15, 0.2) is 58.7 Å². The molecule has 0 aliphatic rings. The molecule has 0 fully saturated rings. The van der Waals surface area contributed by atoms with Gasteiger partial charge < -0.3 is 15.3 Å². The van der Waals surface area contributed by atoms with Crippen LogP contribution >= 0.6 is 11.8 Å². The maximum atomic E-state index is 12.8. The van der Waals surface area contributed by atoms with Crippen molar-refractivity contribution in [2.45, 2.75) is 18.7 Å². The van der Waals surface area contributed by atoms with Gasteiger partial charge in [0, 0.05) is 11.6 Å². The number of sulfonamides is 1. The van der Waals surface area contributed by atoms with Crippen molar-refractivity contribution in [3.05, 3.63) is 64.9 Å². The normalized spacial score (nSPS) is 12.1. The van der Waals surface area contributed by atoms with E-state index in [1.807, 2.05) is 6.92 Å². The number of carbonyl (C=O) groups is 1. The van der Waals surface area contributed by atoms with E-state index in [0.717, 1.165) is 17.3 Å². The first-order valence-electron chi connectivity index (χ1n) is 8.52. The zero-order valence-electron chi connectivity index (χ0n) is 16.1. The molecule has 0 saturated heterocycles. The highest BCUT2D eigenvalue weighted by Crippen LogP contribution is 2.20. The van der Waals surface area contributed by atoms with Gasteiger partial charge in [0.05, 0.1) is 11.5 Å². The third-order valence-electron chi connectivity index (χ3n) is 3.77. The highest BCUT2D eigenvalue weighted by molar-refractivity contribution is 8.03. The summed E-state index contributed by atoms with van der Waals surface area (Å²) in [4.78, 5) is 12.7. The lowest BCUT2D eigenvalue weighted by molar-refractivity contribution is -0.579. The number of ether oxygens (including phenoxy) is 1. The SMILES string of the molecule is CCOC(=O)/C(=C(/NS(=O)(=O)c1ccc(C)cc1)SC)[n+]1cccc(C(=N)[O-])c1. The number of carbonyl (C=O) groups excluding carboxylic acids is 1. The molecule has 1 aromatic heterocycles. The highest BCUT2D eigenvalue weighted by atomic mass is 32.2. The zero-order chi connectivity index (χ0) is 21.6. The van der Waals surface area contributed by atoms with Gasteiger partial charge in [-0.25, -0.2) is 13.2 Å². The number of nitrogens with one attached hydrogen (secondary N) is 2. The Morgan fingerprint density at radius 2 is 1.93 bits per heavy atom. The number of hydrogen-bond acceptors (Lipinski definition) is 7. The lowest BCUT2D eigenvalue weighted by Gasteiger charge is -2.12. The minimum Gasteiger partial charge on any atom is -0.859 e. The number of esters is 1. The number of aromatic nitrogens is 1. The van der Waals surface area contributed by atoms with Gasteiger partial charge in [0.1, 0.15) is 0 Å². The van der Waals surface area contributed by atoms with Crippen molar-refractivity contribution in [3.63, 3.8) is 0 Å². The van der Waals surface area contributed by atoms with Crippen molar-refractivity contribution in [1.29, 1.82) is 5.41 Å². The van der Waals surface area contributed by atoms with Gasteiger partial charge in [-0.1, -0.05) is 17.7 Å². The molecule has 0 unspecified atom stereocenters. The van der Waals surface area contributed by atoms with Gasteiger partial charge in [-0.15, -0.1) is 11.8 Å². The van der Waals surface area contributed by atoms with Crippen LogP contribution in [0.4, 0.5) is 0 Å². The van der Waals surface area contributed by atoms with Crippen molar-refractivity contribution in [2.24, 2.45) is 0 Å². The predicted octanol–water partition coefficient (Wildman–Crippen LogP) is 0.999. The van der Waals surface area contributed by atoms with Crippen LogP contribution in [-0.2, 0) is 19.6 Å². The maximum absolute atomic E-state index is 12.8. The summed E-state index contributed by atoms with van der Waals surface area (Å²) in [6.45, 7) is 3.54. The Kier molecular flexibility index (Phi) is 7.40. The molecule has 10 heteroatoms. The fraction of sp³-hybridized carbons (Fsp3) is 0.211. The molecular weight excluding hydrogens is 414 g/mol. The first-order chi connectivity index (χ1) is 13.7. The van der Waals surface area contributed by atoms with E-state index >= 15 is 0 Å². The average molecular weight is 436 g/mol. The molecule has 1 aromatic carbocycles. The minimum absolute atomic E-state index is 0.0172. The third kappa shape index (κ3) is 5.58. The van der Waals surface area contributed by atoms with E-state index in [1.54, 1.807) is 25.3 Å². The van der Waals surface area contributed by atoms with Gasteiger partial charge in [-0.2, -0.15) is 4.57 Å². The van der Waals surface area contributed by atoms with Crippen molar-refractivity contribution < 1.29 is 27.6 Å². The van der Waals surface area contributed by atoms with Crippen LogP contribution in [0.5, 0.6) is 0 Å². The van der Waals surface area contributed by atoms with Crippen LogP contribution in [0.2, 0.25) is 0 Å². The summed E-state index contributed by atoms with van der Waals surface area (Å²) in [6, 6.07) is 9.17. The molecule has 154 valence electrons. The molecule has 0 atom stereocenters. The fourth-order valence-corrected chi connectivity index (χ4v) is 4.35. The largest absolute Gasteiger partial charge is 0.859 e. The first-order valence-corrected chi connectivity index (χ1v) is 11.2. The lowest BCUT2D eigenvalue weighted by atomic mass is 10.2. The van der Waals surface area contributed by atoms with E-state index in [-0.39, 0.29) is 27.8 Å². The van der Waals surface area contributed by atoms with Crippen LogP contribution < -0.4 is 14.4 Å². The highest BCUT2D eigenvalue weighted by Gasteiger charge is 2.30. The quantitative estimate of drug-likeness (QED) is 0.210. The summed E-state index contributed by atoms with van der Waals surface area (Å²) in [6.07, 6.45) is 4.35. The minimum atomic E-state index is -3.97. The van der Waals surface area contributed by atoms with Gasteiger partial charge in [0.25, 0.3) is 10.0 Å². The molecule has 0 radical (unpaired) electrons. The van der Waals surface area contributed by atoms with Crippen LogP contribution in [0.1, 0.15) is 18.1 Å². The Labute approximate surface area is 173 Å². The topological polar surface area (TPSA) is 123 Å². The van der Waals surface area contributed by atoms with Crippen LogP contribution in [0.25, 0.3) is 5.70 Å². The molecular formula is C19H21N3O5S2. The van der Waals surface area contributed by atoms with Crippen LogP contribution in [0, 0.1) is 12.3 Å². The predicted molar refractivity (Wildman–Crippen MR) is 108 cm³/mol. The average Bonchev–Trinajstić information content (AvgIpc) is 2.68. The standard InChI is InChI=1S/C19H21N3O5S2/c1-4-27-19(24)16(22-11-5-6-14(12-22)17(20)23)18(28-3)21-29(25,26)15-9-7-13(2)8-10-15/h5-12H,4H2,1-3H3,(H2-,20,21,23,24). The molecule has 2 rings (SSSR count). The lowest BCUT2D eigenvalue weighted by Crippen LogP contribution is -2.41.